The number of carbonyl (C=O) groups is 1. The Morgan fingerprint density at radius 2 is 1.44 bits per heavy atom. The van der Waals surface area contributed by atoms with E-state index >= 15 is 0 Å². The van der Waals surface area contributed by atoms with Gasteiger partial charge in [0.1, 0.15) is 0 Å². The SMILES string of the molecule is CN(C)C1(CC2CCCC2)CCC(c2ccccc2)(N(C)C(=O)/C=C/c2ccccc2)CC1.Cl. The van der Waals surface area contributed by atoms with E-state index in [2.05, 4.69) is 49.3 Å². The van der Waals surface area contributed by atoms with Gasteiger partial charge in [-0.05, 0) is 69.3 Å². The standard InChI is InChI=1S/C30H40N2O.ClH/c1-31(2)29(24-26-14-10-11-15-26)20-22-30(23-21-29,27-16-8-5-9-17-27)32(3)28(33)19-18-25-12-6-4-7-13-25;/h4-9,12-13,16-19,26H,10-11,14-15,20-24H2,1-3H3;1H/b19-18+;. The molecule has 2 aliphatic carbocycles. The number of carbonyl (C=O) groups excluding carboxylic acids is 1. The minimum absolute atomic E-state index is 0. The molecule has 0 aromatic heterocycles. The second-order valence-corrected chi connectivity index (χ2v) is 10.5. The largest absolute Gasteiger partial charge is 0.332 e. The van der Waals surface area contributed by atoms with E-state index in [9.17, 15) is 4.79 Å². The molecule has 2 aliphatic rings. The van der Waals surface area contributed by atoms with Crippen LogP contribution in [-0.4, -0.2) is 42.4 Å². The predicted octanol–water partition coefficient (Wildman–Crippen LogP) is 6.93. The molecule has 0 aliphatic heterocycles. The van der Waals surface area contributed by atoms with Crippen molar-refractivity contribution in [3.05, 3.63) is 77.9 Å². The molecule has 3 nitrogen and oxygen atoms in total. The van der Waals surface area contributed by atoms with Crippen molar-refractivity contribution in [2.75, 3.05) is 21.1 Å². The van der Waals surface area contributed by atoms with Gasteiger partial charge < -0.3 is 9.80 Å². The van der Waals surface area contributed by atoms with E-state index in [0.29, 0.717) is 0 Å². The molecular weight excluding hydrogens is 440 g/mol. The maximum atomic E-state index is 13.4. The minimum Gasteiger partial charge on any atom is -0.332 e. The maximum absolute atomic E-state index is 13.4. The summed E-state index contributed by atoms with van der Waals surface area (Å²) < 4.78 is 0. The van der Waals surface area contributed by atoms with E-state index < -0.39 is 0 Å². The first kappa shape index (κ1) is 26.5. The summed E-state index contributed by atoms with van der Waals surface area (Å²) in [4.78, 5) is 17.9. The summed E-state index contributed by atoms with van der Waals surface area (Å²) in [7, 11) is 6.54. The molecule has 0 atom stereocenters. The van der Waals surface area contributed by atoms with Gasteiger partial charge in [0.05, 0.1) is 5.54 Å². The quantitative estimate of drug-likeness (QED) is 0.401. The Kier molecular flexibility index (Phi) is 9.01. The fourth-order valence-electron chi connectivity index (χ4n) is 6.34. The summed E-state index contributed by atoms with van der Waals surface area (Å²) in [6.07, 6.45) is 14.8. The molecule has 0 spiro atoms. The van der Waals surface area contributed by atoms with Crippen LogP contribution in [0.15, 0.2) is 66.7 Å². The molecule has 0 N–H and O–H groups in total. The van der Waals surface area contributed by atoms with Crippen molar-refractivity contribution in [2.45, 2.75) is 68.9 Å². The number of rotatable bonds is 7. The van der Waals surface area contributed by atoms with Crippen molar-refractivity contribution in [3.8, 4) is 0 Å². The van der Waals surface area contributed by atoms with Crippen LogP contribution >= 0.6 is 12.4 Å². The van der Waals surface area contributed by atoms with Crippen LogP contribution in [0.3, 0.4) is 0 Å². The molecule has 0 bridgehead atoms. The summed E-state index contributed by atoms with van der Waals surface area (Å²) in [6.45, 7) is 0. The van der Waals surface area contributed by atoms with Crippen molar-refractivity contribution < 1.29 is 4.79 Å². The molecule has 4 rings (SSSR count). The van der Waals surface area contributed by atoms with Gasteiger partial charge in [0.25, 0.3) is 0 Å². The Bertz CT molecular complexity index is 927. The molecule has 2 saturated carbocycles. The first-order valence-electron chi connectivity index (χ1n) is 12.7. The van der Waals surface area contributed by atoms with Crippen molar-refractivity contribution >= 4 is 24.4 Å². The Morgan fingerprint density at radius 3 is 2.00 bits per heavy atom. The number of likely N-dealkylation sites (N-methyl/N-ethyl adjacent to an activating group) is 1. The number of hydrogen-bond acceptors (Lipinski definition) is 2. The maximum Gasteiger partial charge on any atom is 0.247 e. The molecule has 34 heavy (non-hydrogen) atoms. The van der Waals surface area contributed by atoms with Gasteiger partial charge in [0, 0.05) is 18.7 Å². The van der Waals surface area contributed by atoms with E-state index in [1.165, 1.54) is 37.7 Å². The van der Waals surface area contributed by atoms with Gasteiger partial charge in [0.2, 0.25) is 5.91 Å². The van der Waals surface area contributed by atoms with Crippen LogP contribution in [0.5, 0.6) is 0 Å². The monoisotopic (exact) mass is 480 g/mol. The molecule has 2 fully saturated rings. The molecule has 0 heterocycles. The van der Waals surface area contributed by atoms with Gasteiger partial charge in [-0.25, -0.2) is 0 Å². The number of hydrogen-bond donors (Lipinski definition) is 0. The van der Waals surface area contributed by atoms with Crippen LogP contribution in [0.4, 0.5) is 0 Å². The van der Waals surface area contributed by atoms with E-state index in [1.54, 1.807) is 6.08 Å². The van der Waals surface area contributed by atoms with Gasteiger partial charge in [0.15, 0.2) is 0 Å². The minimum atomic E-state index is -0.255. The second kappa shape index (κ2) is 11.6. The first-order chi connectivity index (χ1) is 16.0. The topological polar surface area (TPSA) is 23.6 Å². The van der Waals surface area contributed by atoms with Crippen LogP contribution in [0.25, 0.3) is 6.08 Å². The van der Waals surface area contributed by atoms with Gasteiger partial charge in [-0.15, -0.1) is 12.4 Å². The summed E-state index contributed by atoms with van der Waals surface area (Å²) >= 11 is 0. The van der Waals surface area contributed by atoms with E-state index in [-0.39, 0.29) is 29.4 Å². The predicted molar refractivity (Wildman–Crippen MR) is 145 cm³/mol. The highest BCUT2D eigenvalue weighted by Crippen LogP contribution is 2.50. The van der Waals surface area contributed by atoms with Crippen LogP contribution in [-0.2, 0) is 10.3 Å². The lowest BCUT2D eigenvalue weighted by molar-refractivity contribution is -0.134. The molecular formula is C30H41ClN2O. The average Bonchev–Trinajstić information content (AvgIpc) is 3.36. The van der Waals surface area contributed by atoms with Crippen molar-refractivity contribution in [1.82, 2.24) is 9.80 Å². The molecule has 0 radical (unpaired) electrons. The van der Waals surface area contributed by atoms with Gasteiger partial charge in [-0.1, -0.05) is 86.3 Å². The van der Waals surface area contributed by atoms with Crippen molar-refractivity contribution in [3.63, 3.8) is 0 Å². The highest BCUT2D eigenvalue weighted by Gasteiger charge is 2.48. The number of nitrogens with zero attached hydrogens (tertiary/aromatic N) is 2. The molecule has 2 aromatic rings. The summed E-state index contributed by atoms with van der Waals surface area (Å²) in [5, 5.41) is 0. The second-order valence-electron chi connectivity index (χ2n) is 10.5. The Morgan fingerprint density at radius 1 is 0.882 bits per heavy atom. The number of amides is 1. The Hall–Kier alpha value is -2.10. The van der Waals surface area contributed by atoms with Crippen molar-refractivity contribution in [1.29, 1.82) is 0 Å². The Balaban J connectivity index is 0.00000324. The lowest BCUT2D eigenvalue weighted by Gasteiger charge is -2.53. The molecule has 4 heteroatoms. The molecule has 2 aromatic carbocycles. The third kappa shape index (κ3) is 5.58. The number of halogens is 1. The molecule has 184 valence electrons. The zero-order valence-electron chi connectivity index (χ0n) is 21.1. The number of benzene rings is 2. The third-order valence-electron chi connectivity index (χ3n) is 8.60. The van der Waals surface area contributed by atoms with Crippen LogP contribution < -0.4 is 0 Å². The highest BCUT2D eigenvalue weighted by atomic mass is 35.5. The summed E-state index contributed by atoms with van der Waals surface area (Å²) in [5.41, 5.74) is 2.31. The Labute approximate surface area is 212 Å². The van der Waals surface area contributed by atoms with Gasteiger partial charge >= 0.3 is 0 Å². The molecule has 0 unspecified atom stereocenters. The highest BCUT2D eigenvalue weighted by molar-refractivity contribution is 5.92. The van der Waals surface area contributed by atoms with E-state index in [0.717, 1.165) is 37.2 Å². The van der Waals surface area contributed by atoms with Crippen LogP contribution in [0, 0.1) is 5.92 Å². The van der Waals surface area contributed by atoms with Crippen LogP contribution in [0.1, 0.15) is 68.9 Å². The van der Waals surface area contributed by atoms with E-state index in [1.807, 2.05) is 48.4 Å². The normalized spacial score (nSPS) is 25.4. The lowest BCUT2D eigenvalue weighted by Crippen LogP contribution is -2.56. The van der Waals surface area contributed by atoms with Gasteiger partial charge in [-0.2, -0.15) is 0 Å². The van der Waals surface area contributed by atoms with Crippen LogP contribution in [0.2, 0.25) is 0 Å². The first-order valence-corrected chi connectivity index (χ1v) is 12.7. The molecule has 0 saturated heterocycles. The van der Waals surface area contributed by atoms with E-state index in [4.69, 9.17) is 0 Å². The lowest BCUT2D eigenvalue weighted by atomic mass is 9.65. The zero-order valence-corrected chi connectivity index (χ0v) is 21.9. The summed E-state index contributed by atoms with van der Waals surface area (Å²) in [5.74, 6) is 0.945. The average molecular weight is 481 g/mol. The fourth-order valence-corrected chi connectivity index (χ4v) is 6.34. The van der Waals surface area contributed by atoms with Crippen molar-refractivity contribution in [2.24, 2.45) is 5.92 Å². The zero-order chi connectivity index (χ0) is 23.3. The summed E-state index contributed by atoms with van der Waals surface area (Å²) in [6, 6.07) is 20.8. The molecule has 1 amide bonds. The third-order valence-corrected chi connectivity index (χ3v) is 8.60. The fraction of sp³-hybridized carbons (Fsp3) is 0.500. The smallest absolute Gasteiger partial charge is 0.247 e. The van der Waals surface area contributed by atoms with Gasteiger partial charge in [-0.3, -0.25) is 4.79 Å².